The highest BCUT2D eigenvalue weighted by molar-refractivity contribution is 7.09. The number of carbonyl (C=O) groups is 1. The first-order valence-corrected chi connectivity index (χ1v) is 8.59. The van der Waals surface area contributed by atoms with Gasteiger partial charge in [0.15, 0.2) is 0 Å². The molecular formula is C15H23N3OS. The molecule has 2 atom stereocenters. The van der Waals surface area contributed by atoms with Crippen molar-refractivity contribution in [2.75, 3.05) is 26.2 Å². The molecule has 2 aliphatic rings. The van der Waals surface area contributed by atoms with E-state index >= 15 is 0 Å². The fourth-order valence-corrected chi connectivity index (χ4v) is 4.06. The topological polar surface area (TPSA) is 45.2 Å². The minimum Gasteiger partial charge on any atom is -0.342 e. The number of amides is 1. The van der Waals surface area contributed by atoms with Crippen LogP contribution in [0.1, 0.15) is 43.0 Å². The molecule has 2 fully saturated rings. The highest BCUT2D eigenvalue weighted by atomic mass is 32.1. The molecule has 2 saturated heterocycles. The largest absolute Gasteiger partial charge is 0.342 e. The molecule has 1 aromatic rings. The molecule has 3 rings (SSSR count). The van der Waals surface area contributed by atoms with E-state index in [4.69, 9.17) is 0 Å². The fraction of sp³-hybridized carbons (Fsp3) is 0.733. The molecule has 0 radical (unpaired) electrons. The van der Waals surface area contributed by atoms with Crippen molar-refractivity contribution in [2.45, 2.75) is 38.0 Å². The summed E-state index contributed by atoms with van der Waals surface area (Å²) in [6.45, 7) is 4.02. The number of hydrogen-bond donors (Lipinski definition) is 1. The Morgan fingerprint density at radius 3 is 3.20 bits per heavy atom. The predicted octanol–water partition coefficient (Wildman–Crippen LogP) is 2.24. The SMILES string of the molecule is O=C(CCC1CCNC1)N1CCCC(c2nccs2)C1. The van der Waals surface area contributed by atoms with Crippen LogP contribution in [0.4, 0.5) is 0 Å². The number of hydrogen-bond acceptors (Lipinski definition) is 4. The summed E-state index contributed by atoms with van der Waals surface area (Å²) >= 11 is 1.72. The Kier molecular flexibility index (Phi) is 4.68. The number of piperidine rings is 1. The smallest absolute Gasteiger partial charge is 0.222 e. The predicted molar refractivity (Wildman–Crippen MR) is 80.9 cm³/mol. The van der Waals surface area contributed by atoms with Crippen molar-refractivity contribution >= 4 is 17.2 Å². The van der Waals surface area contributed by atoms with Crippen LogP contribution in [0.3, 0.4) is 0 Å². The summed E-state index contributed by atoms with van der Waals surface area (Å²) in [6, 6.07) is 0. The normalized spacial score (nSPS) is 26.9. The van der Waals surface area contributed by atoms with Crippen molar-refractivity contribution in [1.82, 2.24) is 15.2 Å². The molecule has 0 spiro atoms. The van der Waals surface area contributed by atoms with Crippen LogP contribution >= 0.6 is 11.3 Å². The number of thiazole rings is 1. The summed E-state index contributed by atoms with van der Waals surface area (Å²) in [6.07, 6.45) is 7.15. The van der Waals surface area contributed by atoms with Crippen molar-refractivity contribution in [3.63, 3.8) is 0 Å². The van der Waals surface area contributed by atoms with Gasteiger partial charge in [-0.1, -0.05) is 0 Å². The third kappa shape index (κ3) is 3.38. The van der Waals surface area contributed by atoms with Crippen LogP contribution in [0.25, 0.3) is 0 Å². The van der Waals surface area contributed by atoms with Crippen molar-refractivity contribution < 1.29 is 4.79 Å². The number of nitrogens with zero attached hydrogens (tertiary/aromatic N) is 2. The minimum absolute atomic E-state index is 0.346. The van der Waals surface area contributed by atoms with Gasteiger partial charge in [0.05, 0.1) is 5.01 Å². The highest BCUT2D eigenvalue weighted by Crippen LogP contribution is 2.28. The summed E-state index contributed by atoms with van der Waals surface area (Å²) in [4.78, 5) is 18.8. The van der Waals surface area contributed by atoms with Crippen molar-refractivity contribution in [3.05, 3.63) is 16.6 Å². The Balaban J connectivity index is 1.49. The lowest BCUT2D eigenvalue weighted by Crippen LogP contribution is -2.39. The molecule has 4 nitrogen and oxygen atoms in total. The third-order valence-electron chi connectivity index (χ3n) is 4.50. The molecule has 1 N–H and O–H groups in total. The first-order valence-electron chi connectivity index (χ1n) is 7.71. The lowest BCUT2D eigenvalue weighted by molar-refractivity contribution is -0.132. The van der Waals surface area contributed by atoms with Crippen LogP contribution in [0, 0.1) is 5.92 Å². The van der Waals surface area contributed by atoms with Gasteiger partial charge in [-0.3, -0.25) is 4.79 Å². The second-order valence-corrected chi connectivity index (χ2v) is 6.87. The van der Waals surface area contributed by atoms with Crippen LogP contribution in [-0.2, 0) is 4.79 Å². The lowest BCUT2D eigenvalue weighted by Gasteiger charge is -2.32. The summed E-state index contributed by atoms with van der Waals surface area (Å²) in [5.74, 6) is 1.51. The number of nitrogens with one attached hydrogen (secondary N) is 1. The number of aromatic nitrogens is 1. The van der Waals surface area contributed by atoms with Gasteiger partial charge in [-0.25, -0.2) is 4.98 Å². The number of likely N-dealkylation sites (tertiary alicyclic amines) is 1. The quantitative estimate of drug-likeness (QED) is 0.926. The summed E-state index contributed by atoms with van der Waals surface area (Å²) in [7, 11) is 0. The van der Waals surface area contributed by atoms with E-state index in [2.05, 4.69) is 15.2 Å². The van der Waals surface area contributed by atoms with Gasteiger partial charge in [0, 0.05) is 37.0 Å². The average molecular weight is 293 g/mol. The van der Waals surface area contributed by atoms with Gasteiger partial charge < -0.3 is 10.2 Å². The van der Waals surface area contributed by atoms with Gasteiger partial charge in [0.25, 0.3) is 0 Å². The molecule has 0 aliphatic carbocycles. The summed E-state index contributed by atoms with van der Waals surface area (Å²) in [5, 5.41) is 6.60. The minimum atomic E-state index is 0.346. The lowest BCUT2D eigenvalue weighted by atomic mass is 9.97. The summed E-state index contributed by atoms with van der Waals surface area (Å²) in [5.41, 5.74) is 0. The van der Waals surface area contributed by atoms with E-state index in [-0.39, 0.29) is 0 Å². The maximum absolute atomic E-state index is 12.4. The maximum atomic E-state index is 12.4. The van der Waals surface area contributed by atoms with E-state index in [0.717, 1.165) is 45.4 Å². The third-order valence-corrected chi connectivity index (χ3v) is 5.44. The van der Waals surface area contributed by atoms with Gasteiger partial charge in [-0.05, 0) is 44.7 Å². The van der Waals surface area contributed by atoms with Crippen LogP contribution in [0.5, 0.6) is 0 Å². The molecule has 2 aliphatic heterocycles. The molecular weight excluding hydrogens is 270 g/mol. The van der Waals surface area contributed by atoms with E-state index in [1.807, 2.05) is 11.6 Å². The summed E-state index contributed by atoms with van der Waals surface area (Å²) < 4.78 is 0. The van der Waals surface area contributed by atoms with Crippen molar-refractivity contribution in [2.24, 2.45) is 5.92 Å². The molecule has 110 valence electrons. The van der Waals surface area contributed by atoms with E-state index in [9.17, 15) is 4.79 Å². The zero-order chi connectivity index (χ0) is 13.8. The second-order valence-electron chi connectivity index (χ2n) is 5.95. The molecule has 1 aromatic heterocycles. The first kappa shape index (κ1) is 14.0. The Morgan fingerprint density at radius 2 is 2.45 bits per heavy atom. The second kappa shape index (κ2) is 6.68. The molecule has 20 heavy (non-hydrogen) atoms. The van der Waals surface area contributed by atoms with E-state index in [0.29, 0.717) is 17.7 Å². The molecule has 0 aromatic carbocycles. The van der Waals surface area contributed by atoms with Crippen molar-refractivity contribution in [1.29, 1.82) is 0 Å². The number of rotatable bonds is 4. The van der Waals surface area contributed by atoms with Gasteiger partial charge >= 0.3 is 0 Å². The fourth-order valence-electron chi connectivity index (χ4n) is 3.29. The molecule has 5 heteroatoms. The molecule has 1 amide bonds. The van der Waals surface area contributed by atoms with E-state index < -0.39 is 0 Å². The zero-order valence-corrected chi connectivity index (χ0v) is 12.7. The standard InChI is InChI=1S/C15H23N3OS/c19-14(4-3-12-5-6-16-10-12)18-8-1-2-13(11-18)15-17-7-9-20-15/h7,9,12-13,16H,1-6,8,10-11H2. The molecule has 3 heterocycles. The Labute approximate surface area is 124 Å². The van der Waals surface area contributed by atoms with Crippen LogP contribution in [0.15, 0.2) is 11.6 Å². The monoisotopic (exact) mass is 293 g/mol. The zero-order valence-electron chi connectivity index (χ0n) is 11.9. The van der Waals surface area contributed by atoms with Crippen LogP contribution in [0.2, 0.25) is 0 Å². The number of carbonyl (C=O) groups excluding carboxylic acids is 1. The van der Waals surface area contributed by atoms with Gasteiger partial charge in [-0.15, -0.1) is 11.3 Å². The van der Waals surface area contributed by atoms with Crippen molar-refractivity contribution in [3.8, 4) is 0 Å². The van der Waals surface area contributed by atoms with Gasteiger partial charge in [0.1, 0.15) is 0 Å². The van der Waals surface area contributed by atoms with E-state index in [1.165, 1.54) is 17.8 Å². The molecule has 0 saturated carbocycles. The van der Waals surface area contributed by atoms with Crippen LogP contribution < -0.4 is 5.32 Å². The average Bonchev–Trinajstić information content (AvgIpc) is 3.18. The van der Waals surface area contributed by atoms with Gasteiger partial charge in [0.2, 0.25) is 5.91 Å². The Hall–Kier alpha value is -0.940. The maximum Gasteiger partial charge on any atom is 0.222 e. The van der Waals surface area contributed by atoms with Crippen LogP contribution in [-0.4, -0.2) is 42.0 Å². The first-order chi connectivity index (χ1) is 9.83. The van der Waals surface area contributed by atoms with E-state index in [1.54, 1.807) is 11.3 Å². The Bertz CT molecular complexity index is 428. The molecule has 2 unspecified atom stereocenters. The molecule has 0 bridgehead atoms. The highest BCUT2D eigenvalue weighted by Gasteiger charge is 2.26. The van der Waals surface area contributed by atoms with Gasteiger partial charge in [-0.2, -0.15) is 0 Å². The Morgan fingerprint density at radius 1 is 1.50 bits per heavy atom.